The molecule has 3 rings (SSSR count). The van der Waals surface area contributed by atoms with Crippen molar-refractivity contribution in [1.29, 1.82) is 0 Å². The predicted molar refractivity (Wildman–Crippen MR) is 76.9 cm³/mol. The molecule has 1 aromatic rings. The Morgan fingerprint density at radius 3 is 2.90 bits per heavy atom. The quantitative estimate of drug-likeness (QED) is 0.923. The zero-order chi connectivity index (χ0) is 14.1. The van der Waals surface area contributed by atoms with Crippen LogP contribution in [0.5, 0.6) is 0 Å². The molecule has 4 heteroatoms. The monoisotopic (exact) mass is 278 g/mol. The van der Waals surface area contributed by atoms with Crippen molar-refractivity contribution in [2.45, 2.75) is 50.4 Å². The second-order valence-corrected chi connectivity index (χ2v) is 5.97. The molecule has 0 aromatic heterocycles. The van der Waals surface area contributed by atoms with E-state index in [0.29, 0.717) is 12.1 Å². The van der Waals surface area contributed by atoms with Crippen LogP contribution < -0.4 is 5.73 Å². The van der Waals surface area contributed by atoms with Crippen LogP contribution in [0.25, 0.3) is 0 Å². The van der Waals surface area contributed by atoms with E-state index < -0.39 is 0 Å². The van der Waals surface area contributed by atoms with Crippen LogP contribution in [-0.2, 0) is 4.74 Å². The van der Waals surface area contributed by atoms with E-state index in [-0.39, 0.29) is 17.9 Å². The topological polar surface area (TPSA) is 38.5 Å². The second kappa shape index (κ2) is 5.80. The number of hydrogen-bond acceptors (Lipinski definition) is 3. The highest BCUT2D eigenvalue weighted by molar-refractivity contribution is 5.23. The summed E-state index contributed by atoms with van der Waals surface area (Å²) in [7, 11) is 0. The summed E-state index contributed by atoms with van der Waals surface area (Å²) in [6.07, 6.45) is 3.73. The number of hydrogen-bond donors (Lipinski definition) is 1. The summed E-state index contributed by atoms with van der Waals surface area (Å²) in [6.45, 7) is 3.52. The summed E-state index contributed by atoms with van der Waals surface area (Å²) >= 11 is 0. The molecule has 1 heterocycles. The molecule has 1 saturated heterocycles. The maximum atomic E-state index is 14.2. The van der Waals surface area contributed by atoms with E-state index in [1.807, 2.05) is 19.1 Å². The molecule has 2 fully saturated rings. The molecule has 20 heavy (non-hydrogen) atoms. The normalized spacial score (nSPS) is 29.9. The summed E-state index contributed by atoms with van der Waals surface area (Å²) in [4.78, 5) is 2.38. The van der Waals surface area contributed by atoms with Gasteiger partial charge < -0.3 is 10.5 Å². The van der Waals surface area contributed by atoms with Gasteiger partial charge in [0.2, 0.25) is 0 Å². The van der Waals surface area contributed by atoms with E-state index in [2.05, 4.69) is 4.90 Å². The summed E-state index contributed by atoms with van der Waals surface area (Å²) in [5.74, 6) is -0.157. The second-order valence-electron chi connectivity index (χ2n) is 5.97. The van der Waals surface area contributed by atoms with Crippen molar-refractivity contribution in [2.24, 2.45) is 5.73 Å². The standard InChI is InChI=1S/C16H23FN2O/c1-11(18)16(12-5-2-3-6-13(12)17)19-9-10-20-15-8-4-7-14(15)19/h2-3,5-6,11,14-16H,4,7-10,18H2,1H3. The first-order valence-electron chi connectivity index (χ1n) is 7.56. The van der Waals surface area contributed by atoms with Crippen molar-refractivity contribution in [2.75, 3.05) is 13.2 Å². The maximum absolute atomic E-state index is 14.2. The van der Waals surface area contributed by atoms with Crippen LogP contribution in [0.3, 0.4) is 0 Å². The van der Waals surface area contributed by atoms with Gasteiger partial charge in [0, 0.05) is 24.2 Å². The molecule has 0 radical (unpaired) electrons. The van der Waals surface area contributed by atoms with Gasteiger partial charge in [-0.1, -0.05) is 18.2 Å². The van der Waals surface area contributed by atoms with Crippen LogP contribution in [0.15, 0.2) is 24.3 Å². The van der Waals surface area contributed by atoms with Gasteiger partial charge in [-0.15, -0.1) is 0 Å². The molecule has 1 saturated carbocycles. The zero-order valence-corrected chi connectivity index (χ0v) is 12.0. The van der Waals surface area contributed by atoms with Gasteiger partial charge in [-0.2, -0.15) is 0 Å². The van der Waals surface area contributed by atoms with Crippen LogP contribution in [0.4, 0.5) is 4.39 Å². The molecule has 1 aliphatic carbocycles. The smallest absolute Gasteiger partial charge is 0.128 e. The molecule has 2 aliphatic rings. The minimum atomic E-state index is -0.157. The lowest BCUT2D eigenvalue weighted by molar-refractivity contribution is -0.0757. The van der Waals surface area contributed by atoms with Crippen LogP contribution in [-0.4, -0.2) is 36.2 Å². The Hall–Kier alpha value is -0.970. The van der Waals surface area contributed by atoms with Crippen molar-refractivity contribution >= 4 is 0 Å². The summed E-state index contributed by atoms with van der Waals surface area (Å²) in [6, 6.07) is 7.23. The van der Waals surface area contributed by atoms with Crippen molar-refractivity contribution < 1.29 is 9.13 Å². The first-order valence-corrected chi connectivity index (χ1v) is 7.56. The number of benzene rings is 1. The summed E-state index contributed by atoms with van der Waals surface area (Å²) < 4.78 is 20.0. The molecule has 2 N–H and O–H groups in total. The van der Waals surface area contributed by atoms with E-state index in [4.69, 9.17) is 10.5 Å². The highest BCUT2D eigenvalue weighted by Crippen LogP contribution is 2.36. The summed E-state index contributed by atoms with van der Waals surface area (Å²) in [5, 5.41) is 0. The minimum absolute atomic E-state index is 0.0642. The van der Waals surface area contributed by atoms with Gasteiger partial charge in [0.25, 0.3) is 0 Å². The number of halogens is 1. The molecule has 110 valence electrons. The van der Waals surface area contributed by atoms with E-state index >= 15 is 0 Å². The Morgan fingerprint density at radius 2 is 2.15 bits per heavy atom. The highest BCUT2D eigenvalue weighted by Gasteiger charge is 2.41. The van der Waals surface area contributed by atoms with E-state index in [0.717, 1.165) is 31.6 Å². The Bertz CT molecular complexity index is 466. The van der Waals surface area contributed by atoms with Crippen LogP contribution >= 0.6 is 0 Å². The van der Waals surface area contributed by atoms with Crippen LogP contribution in [0.1, 0.15) is 37.8 Å². The lowest BCUT2D eigenvalue weighted by Gasteiger charge is -2.44. The lowest BCUT2D eigenvalue weighted by Crippen LogP contribution is -2.53. The van der Waals surface area contributed by atoms with E-state index in [1.165, 1.54) is 12.5 Å². The third-order valence-corrected chi connectivity index (χ3v) is 4.60. The molecular weight excluding hydrogens is 255 g/mol. The van der Waals surface area contributed by atoms with E-state index in [1.54, 1.807) is 6.07 Å². The molecule has 1 aliphatic heterocycles. The van der Waals surface area contributed by atoms with Crippen molar-refractivity contribution in [3.05, 3.63) is 35.6 Å². The third-order valence-electron chi connectivity index (χ3n) is 4.60. The van der Waals surface area contributed by atoms with Gasteiger partial charge >= 0.3 is 0 Å². The molecular formula is C16H23FN2O. The average molecular weight is 278 g/mol. The molecule has 0 amide bonds. The summed E-state index contributed by atoms with van der Waals surface area (Å²) in [5.41, 5.74) is 6.92. The van der Waals surface area contributed by atoms with Crippen LogP contribution in [0.2, 0.25) is 0 Å². The predicted octanol–water partition coefficient (Wildman–Crippen LogP) is 2.47. The molecule has 4 unspecified atom stereocenters. The molecule has 3 nitrogen and oxygen atoms in total. The fourth-order valence-corrected chi connectivity index (χ4v) is 3.78. The molecule has 4 atom stereocenters. The SMILES string of the molecule is CC(N)C(c1ccccc1F)N1CCOC2CCCC21. The van der Waals surface area contributed by atoms with Gasteiger partial charge in [-0.25, -0.2) is 4.39 Å². The number of fused-ring (bicyclic) bond motifs is 1. The highest BCUT2D eigenvalue weighted by atomic mass is 19.1. The third kappa shape index (κ3) is 2.48. The van der Waals surface area contributed by atoms with Gasteiger partial charge in [0.05, 0.1) is 18.8 Å². The fourth-order valence-electron chi connectivity index (χ4n) is 3.78. The van der Waals surface area contributed by atoms with Crippen molar-refractivity contribution in [3.8, 4) is 0 Å². The Balaban J connectivity index is 1.92. The first kappa shape index (κ1) is 14.0. The number of morpholine rings is 1. The fraction of sp³-hybridized carbons (Fsp3) is 0.625. The maximum Gasteiger partial charge on any atom is 0.128 e. The lowest BCUT2D eigenvalue weighted by atomic mass is 9.95. The Labute approximate surface area is 119 Å². The molecule has 0 bridgehead atoms. The number of nitrogens with two attached hydrogens (primary N) is 1. The number of nitrogens with zero attached hydrogens (tertiary/aromatic N) is 1. The average Bonchev–Trinajstić information content (AvgIpc) is 2.90. The van der Waals surface area contributed by atoms with Gasteiger partial charge in [-0.3, -0.25) is 4.90 Å². The van der Waals surface area contributed by atoms with Crippen molar-refractivity contribution in [1.82, 2.24) is 4.90 Å². The molecule has 1 aromatic carbocycles. The number of rotatable bonds is 3. The molecule has 0 spiro atoms. The van der Waals surface area contributed by atoms with Crippen molar-refractivity contribution in [3.63, 3.8) is 0 Å². The number of ether oxygens (including phenoxy) is 1. The van der Waals surface area contributed by atoms with Crippen LogP contribution in [0, 0.1) is 5.82 Å². The van der Waals surface area contributed by atoms with E-state index in [9.17, 15) is 4.39 Å². The van der Waals surface area contributed by atoms with Gasteiger partial charge in [0.1, 0.15) is 5.82 Å². The first-order chi connectivity index (χ1) is 9.68. The zero-order valence-electron chi connectivity index (χ0n) is 12.0. The van der Waals surface area contributed by atoms with Gasteiger partial charge in [0.15, 0.2) is 0 Å². The minimum Gasteiger partial charge on any atom is -0.375 e. The Kier molecular flexibility index (Phi) is 4.06. The largest absolute Gasteiger partial charge is 0.375 e. The Morgan fingerprint density at radius 1 is 1.35 bits per heavy atom. The van der Waals surface area contributed by atoms with Gasteiger partial charge in [-0.05, 0) is 32.3 Å².